The Balaban J connectivity index is 4.15. The van der Waals surface area contributed by atoms with Gasteiger partial charge in [0.25, 0.3) is 0 Å². The predicted molar refractivity (Wildman–Crippen MR) is 43.2 cm³/mol. The van der Waals surface area contributed by atoms with Crippen LogP contribution in [0, 0.1) is 5.92 Å². The van der Waals surface area contributed by atoms with E-state index >= 15 is 0 Å². The zero-order valence-corrected chi connectivity index (χ0v) is 10.0. The van der Waals surface area contributed by atoms with E-state index in [4.69, 9.17) is 0 Å². The van der Waals surface area contributed by atoms with Crippen molar-refractivity contribution in [1.82, 2.24) is 4.90 Å². The molecule has 0 radical (unpaired) electrons. The molecule has 0 saturated heterocycles. The van der Waals surface area contributed by atoms with Crippen LogP contribution in [0.5, 0.6) is 0 Å². The van der Waals surface area contributed by atoms with Crippen molar-refractivity contribution in [2.75, 3.05) is 19.0 Å². The second kappa shape index (κ2) is 4.95. The first-order chi connectivity index (χ1) is 5.00. The Morgan fingerprint density at radius 3 is 1.91 bits per heavy atom. The third kappa shape index (κ3) is 3.40. The van der Waals surface area contributed by atoms with Gasteiger partial charge in [0.2, 0.25) is 0 Å². The van der Waals surface area contributed by atoms with Crippen LogP contribution in [0.2, 0.25) is 0 Å². The van der Waals surface area contributed by atoms with Gasteiger partial charge >= 0.3 is 79.5 Å². The quantitative estimate of drug-likeness (QED) is 0.422. The topological polar surface area (TPSA) is 20.3 Å². The van der Waals surface area contributed by atoms with Gasteiger partial charge < -0.3 is 0 Å². The van der Waals surface area contributed by atoms with Crippen LogP contribution in [0.25, 0.3) is 0 Å². The molecule has 0 bridgehead atoms. The summed E-state index contributed by atoms with van der Waals surface area (Å²) in [4.78, 5) is 15.3. The Hall–Kier alpha value is 0.200. The molecule has 1 amide bonds. The van der Waals surface area contributed by atoms with E-state index in [0.717, 1.165) is 0 Å². The van der Waals surface area contributed by atoms with Crippen molar-refractivity contribution in [2.45, 2.75) is 17.8 Å². The van der Waals surface area contributed by atoms with Crippen molar-refractivity contribution >= 4 is 5.91 Å². The number of alkyl halides is 2. The average molecular weight is 270 g/mol. The molecule has 0 fully saturated rings. The second-order valence-corrected chi connectivity index (χ2v) is 5.68. The molecule has 0 N–H and O–H groups in total. The van der Waals surface area contributed by atoms with Gasteiger partial charge in [0.15, 0.2) is 0 Å². The number of hydrogen-bond donors (Lipinski definition) is 0. The molecule has 0 aromatic rings. The summed E-state index contributed by atoms with van der Waals surface area (Å²) in [5, 5.41) is 0. The van der Waals surface area contributed by atoms with Gasteiger partial charge in [-0.25, -0.2) is 0 Å². The van der Waals surface area contributed by atoms with Crippen LogP contribution >= 0.6 is 0 Å². The molecule has 0 aromatic carbocycles. The van der Waals surface area contributed by atoms with Crippen molar-refractivity contribution in [3.63, 3.8) is 0 Å². The fourth-order valence-corrected chi connectivity index (χ4v) is 3.41. The molecule has 0 saturated carbocycles. The Labute approximate surface area is 79.6 Å². The van der Waals surface area contributed by atoms with Gasteiger partial charge in [0, 0.05) is 0 Å². The van der Waals surface area contributed by atoms with Crippen molar-refractivity contribution in [3.05, 3.63) is 0 Å². The van der Waals surface area contributed by atoms with Crippen LogP contribution in [0.4, 0.5) is 0 Å². The van der Waals surface area contributed by atoms with Crippen LogP contribution < -0.4 is 21.2 Å². The molecule has 0 heterocycles. The van der Waals surface area contributed by atoms with E-state index < -0.39 is 0 Å². The third-order valence-electron chi connectivity index (χ3n) is 1.50. The summed E-state index contributed by atoms with van der Waals surface area (Å²) in [6.45, 7) is 4.24. The molecule has 0 rings (SSSR count). The molecule has 0 aliphatic heterocycles. The first-order valence-electron chi connectivity index (χ1n) is 3.70. The first-order valence-corrected chi connectivity index (χ1v) is 7.10. The predicted octanol–water partition coefficient (Wildman–Crippen LogP) is -2.18. The monoisotopic (exact) mass is 270 g/mol. The molecule has 1 atom stereocenters. The molecule has 0 spiro atoms. The van der Waals surface area contributed by atoms with Crippen LogP contribution in [-0.2, 0) is 4.79 Å². The maximum absolute atomic E-state index is 11.5. The molecule has 11 heavy (non-hydrogen) atoms. The van der Waals surface area contributed by atoms with Gasteiger partial charge in [-0.15, -0.1) is 0 Å². The van der Waals surface area contributed by atoms with E-state index in [-0.39, 0.29) is 21.2 Å². The molecule has 0 aliphatic carbocycles. The maximum atomic E-state index is 11.5. The van der Waals surface area contributed by atoms with Gasteiger partial charge in [-0.2, -0.15) is 0 Å². The summed E-state index contributed by atoms with van der Waals surface area (Å²) in [5.74, 6) is 0.804. The van der Waals surface area contributed by atoms with Crippen molar-refractivity contribution in [3.8, 4) is 0 Å². The fourth-order valence-electron chi connectivity index (χ4n) is 0.877. The van der Waals surface area contributed by atoms with E-state index in [0.29, 0.717) is 15.7 Å². The van der Waals surface area contributed by atoms with Gasteiger partial charge in [0.1, 0.15) is 0 Å². The first kappa shape index (κ1) is 11.2. The summed E-state index contributed by atoms with van der Waals surface area (Å²) in [6, 6.07) is 0. The average Bonchev–Trinajstić information content (AvgIpc) is 1.88. The summed E-state index contributed by atoms with van der Waals surface area (Å²) in [5.41, 5.74) is 0. The molecule has 0 aromatic heterocycles. The molecular weight excluding hydrogens is 253 g/mol. The summed E-state index contributed by atoms with van der Waals surface area (Å²) in [6.07, 6.45) is 0. The van der Waals surface area contributed by atoms with Crippen molar-refractivity contribution in [1.29, 1.82) is 0 Å². The molecule has 3 heteroatoms. The number of halogens is 1. The Kier molecular flexibility index (Phi) is 5.04. The summed E-state index contributed by atoms with van der Waals surface area (Å²) < 4.78 is 0.309. The normalized spacial score (nSPS) is 13.6. The third-order valence-corrected chi connectivity index (χ3v) is 4.81. The van der Waals surface area contributed by atoms with Gasteiger partial charge in [0.05, 0.1) is 0 Å². The van der Waals surface area contributed by atoms with Crippen molar-refractivity contribution < 1.29 is 26.0 Å². The van der Waals surface area contributed by atoms with Crippen molar-refractivity contribution in [2.24, 2.45) is 5.92 Å². The molecule has 2 nitrogen and oxygen atoms in total. The van der Waals surface area contributed by atoms with Crippen LogP contribution in [0.1, 0.15) is 13.8 Å². The van der Waals surface area contributed by atoms with Gasteiger partial charge in [-0.05, 0) is 0 Å². The molecule has 68 valence electrons. The minimum absolute atomic E-state index is 0.0362. The molecule has 0 aliphatic rings. The van der Waals surface area contributed by atoms with Crippen LogP contribution in [0.3, 0.4) is 0 Å². The SMILES string of the molecule is C[I-]C(C(=O)N(C)C)C(C)C. The van der Waals surface area contributed by atoms with Gasteiger partial charge in [-0.1, -0.05) is 0 Å². The fraction of sp³-hybridized carbons (Fsp3) is 0.875. The zero-order chi connectivity index (χ0) is 9.02. The van der Waals surface area contributed by atoms with Crippen LogP contribution in [0.15, 0.2) is 0 Å². The minimum atomic E-state index is 0.0362. The molecular formula is C8H17INO-. The standard InChI is InChI=1S/C8H17INO/c1-6(2)7(9-3)8(11)10(4)5/h6-7H,1-5H3/q-1. The van der Waals surface area contributed by atoms with E-state index in [1.807, 2.05) is 14.1 Å². The number of hydrogen-bond acceptors (Lipinski definition) is 1. The summed E-state index contributed by atoms with van der Waals surface area (Å²) in [7, 11) is 3.66. The van der Waals surface area contributed by atoms with E-state index in [1.54, 1.807) is 4.90 Å². The van der Waals surface area contributed by atoms with E-state index in [2.05, 4.69) is 18.8 Å². The molecule has 1 unspecified atom stereocenters. The Morgan fingerprint density at radius 1 is 1.36 bits per heavy atom. The Bertz CT molecular complexity index is 134. The zero-order valence-electron chi connectivity index (χ0n) is 7.89. The van der Waals surface area contributed by atoms with E-state index in [9.17, 15) is 4.79 Å². The number of carbonyl (C=O) groups is 1. The summed E-state index contributed by atoms with van der Waals surface area (Å²) >= 11 is 0.0362. The Morgan fingerprint density at radius 2 is 1.82 bits per heavy atom. The number of rotatable bonds is 3. The van der Waals surface area contributed by atoms with E-state index in [1.165, 1.54) is 0 Å². The number of nitrogens with zero attached hydrogens (tertiary/aromatic N) is 1. The number of carbonyl (C=O) groups excluding carboxylic acids is 1. The van der Waals surface area contributed by atoms with Gasteiger partial charge in [-0.3, -0.25) is 0 Å². The second-order valence-electron chi connectivity index (χ2n) is 3.10. The number of amides is 1. The van der Waals surface area contributed by atoms with Crippen LogP contribution in [-0.4, -0.2) is 33.8 Å².